The molecule has 1 aliphatic rings. The lowest BCUT2D eigenvalue weighted by molar-refractivity contribution is -0.132. The Morgan fingerprint density at radius 3 is 2.97 bits per heavy atom. The number of carbonyl (C=O) groups excluding carboxylic acids is 1. The van der Waals surface area contributed by atoms with Crippen LogP contribution in [0.1, 0.15) is 23.4 Å². The lowest BCUT2D eigenvalue weighted by Crippen LogP contribution is -2.37. The molecular formula is C21H20N6O2. The Morgan fingerprint density at radius 2 is 2.07 bits per heavy atom. The Bertz CT molecular complexity index is 1310. The number of hydrogen-bond acceptors (Lipinski definition) is 5. The molecule has 1 aliphatic heterocycles. The molecule has 0 saturated carbocycles. The van der Waals surface area contributed by atoms with E-state index in [-0.39, 0.29) is 17.9 Å². The Labute approximate surface area is 166 Å². The first-order valence-electron chi connectivity index (χ1n) is 9.65. The topological polar surface area (TPSA) is 85.4 Å². The van der Waals surface area contributed by atoms with Crippen LogP contribution < -0.4 is 5.56 Å². The van der Waals surface area contributed by atoms with E-state index in [1.54, 1.807) is 6.07 Å². The van der Waals surface area contributed by atoms with Gasteiger partial charge in [-0.1, -0.05) is 12.1 Å². The quantitative estimate of drug-likeness (QED) is 0.534. The molecule has 0 spiro atoms. The van der Waals surface area contributed by atoms with Crippen molar-refractivity contribution in [1.82, 2.24) is 29.0 Å². The minimum atomic E-state index is -0.118. The SMILES string of the molecule is Cc1cc2ncc3c(n2n1)CCN(C(=O)CCn1cnc2ccccc2c1=O)C3. The zero-order valence-corrected chi connectivity index (χ0v) is 16.1. The normalized spacial score (nSPS) is 13.8. The van der Waals surface area contributed by atoms with E-state index in [4.69, 9.17) is 0 Å². The maximum absolute atomic E-state index is 12.8. The van der Waals surface area contributed by atoms with E-state index in [2.05, 4.69) is 15.1 Å². The third kappa shape index (κ3) is 3.06. The summed E-state index contributed by atoms with van der Waals surface area (Å²) in [6.45, 7) is 3.41. The summed E-state index contributed by atoms with van der Waals surface area (Å²) in [5.74, 6) is 0.0208. The van der Waals surface area contributed by atoms with Crippen LogP contribution in [-0.2, 0) is 24.3 Å². The van der Waals surface area contributed by atoms with Crippen molar-refractivity contribution in [3.05, 3.63) is 70.2 Å². The summed E-state index contributed by atoms with van der Waals surface area (Å²) in [5, 5.41) is 5.08. The molecule has 4 heterocycles. The van der Waals surface area contributed by atoms with Gasteiger partial charge in [0.15, 0.2) is 5.65 Å². The largest absolute Gasteiger partial charge is 0.338 e. The average Bonchev–Trinajstić information content (AvgIpc) is 3.13. The van der Waals surface area contributed by atoms with Crippen LogP contribution in [0.2, 0.25) is 0 Å². The number of aryl methyl sites for hydroxylation is 2. The number of amides is 1. The minimum Gasteiger partial charge on any atom is -0.338 e. The number of fused-ring (bicyclic) bond motifs is 4. The molecular weight excluding hydrogens is 368 g/mol. The van der Waals surface area contributed by atoms with Gasteiger partial charge in [0, 0.05) is 50.3 Å². The summed E-state index contributed by atoms with van der Waals surface area (Å²) in [6.07, 6.45) is 4.34. The number of carbonyl (C=O) groups is 1. The molecule has 0 fully saturated rings. The number of benzene rings is 1. The Hall–Kier alpha value is -3.55. The molecule has 4 aromatic rings. The van der Waals surface area contributed by atoms with Crippen LogP contribution in [0.15, 0.2) is 47.7 Å². The van der Waals surface area contributed by atoms with Crippen LogP contribution in [0.4, 0.5) is 0 Å². The van der Waals surface area contributed by atoms with Gasteiger partial charge < -0.3 is 4.90 Å². The summed E-state index contributed by atoms with van der Waals surface area (Å²) >= 11 is 0. The Kier molecular flexibility index (Phi) is 4.12. The van der Waals surface area contributed by atoms with Crippen molar-refractivity contribution in [3.63, 3.8) is 0 Å². The Balaban J connectivity index is 1.32. The summed E-state index contributed by atoms with van der Waals surface area (Å²) < 4.78 is 3.39. The molecule has 0 bridgehead atoms. The highest BCUT2D eigenvalue weighted by Crippen LogP contribution is 2.20. The number of hydrogen-bond donors (Lipinski definition) is 0. The fourth-order valence-corrected chi connectivity index (χ4v) is 3.91. The first-order valence-corrected chi connectivity index (χ1v) is 9.65. The van der Waals surface area contributed by atoms with Crippen molar-refractivity contribution in [1.29, 1.82) is 0 Å². The summed E-state index contributed by atoms with van der Waals surface area (Å²) in [4.78, 5) is 35.9. The molecule has 8 nitrogen and oxygen atoms in total. The molecule has 0 saturated heterocycles. The van der Waals surface area contributed by atoms with Gasteiger partial charge in [-0.05, 0) is 19.1 Å². The third-order valence-corrected chi connectivity index (χ3v) is 5.42. The fraction of sp³-hybridized carbons (Fsp3) is 0.286. The molecule has 1 aromatic carbocycles. The molecule has 0 radical (unpaired) electrons. The van der Waals surface area contributed by atoms with Crippen LogP contribution in [-0.4, -0.2) is 41.5 Å². The smallest absolute Gasteiger partial charge is 0.261 e. The number of aromatic nitrogens is 5. The monoisotopic (exact) mass is 388 g/mol. The van der Waals surface area contributed by atoms with E-state index in [9.17, 15) is 9.59 Å². The molecule has 0 aliphatic carbocycles. The highest BCUT2D eigenvalue weighted by Gasteiger charge is 2.23. The molecule has 146 valence electrons. The van der Waals surface area contributed by atoms with E-state index in [1.165, 1.54) is 10.9 Å². The number of rotatable bonds is 3. The van der Waals surface area contributed by atoms with Crippen LogP contribution >= 0.6 is 0 Å². The summed E-state index contributed by atoms with van der Waals surface area (Å²) in [7, 11) is 0. The van der Waals surface area contributed by atoms with Crippen molar-refractivity contribution in [3.8, 4) is 0 Å². The molecule has 0 atom stereocenters. The van der Waals surface area contributed by atoms with Gasteiger partial charge in [0.25, 0.3) is 5.56 Å². The van der Waals surface area contributed by atoms with E-state index >= 15 is 0 Å². The standard InChI is InChI=1S/C21H20N6O2/c1-14-10-19-22-11-15-12-25(8-6-18(15)27(19)24-14)20(28)7-9-26-13-23-17-5-3-2-4-16(17)21(26)29/h2-5,10-11,13H,6-9,12H2,1H3. The predicted octanol–water partition coefficient (Wildman–Crippen LogP) is 1.72. The van der Waals surface area contributed by atoms with Crippen LogP contribution in [0.25, 0.3) is 16.6 Å². The second-order valence-electron chi connectivity index (χ2n) is 7.36. The fourth-order valence-electron chi connectivity index (χ4n) is 3.91. The highest BCUT2D eigenvalue weighted by atomic mass is 16.2. The third-order valence-electron chi connectivity index (χ3n) is 5.42. The van der Waals surface area contributed by atoms with Gasteiger partial charge in [0.05, 0.1) is 28.6 Å². The maximum Gasteiger partial charge on any atom is 0.261 e. The zero-order valence-electron chi connectivity index (χ0n) is 16.1. The van der Waals surface area contributed by atoms with E-state index in [1.807, 2.05) is 46.8 Å². The molecule has 1 amide bonds. The Morgan fingerprint density at radius 1 is 1.21 bits per heavy atom. The van der Waals surface area contributed by atoms with E-state index in [0.29, 0.717) is 30.5 Å². The highest BCUT2D eigenvalue weighted by molar-refractivity contribution is 5.77. The number of para-hydroxylation sites is 1. The second kappa shape index (κ2) is 6.80. The lowest BCUT2D eigenvalue weighted by atomic mass is 10.1. The van der Waals surface area contributed by atoms with Gasteiger partial charge in [-0.2, -0.15) is 5.10 Å². The molecule has 0 unspecified atom stereocenters. The first kappa shape index (κ1) is 17.5. The average molecular weight is 388 g/mol. The minimum absolute atomic E-state index is 0.0208. The van der Waals surface area contributed by atoms with Gasteiger partial charge >= 0.3 is 0 Å². The van der Waals surface area contributed by atoms with Crippen LogP contribution in [0.5, 0.6) is 0 Å². The van der Waals surface area contributed by atoms with E-state index in [0.717, 1.165) is 29.0 Å². The maximum atomic E-state index is 12.8. The summed E-state index contributed by atoms with van der Waals surface area (Å²) in [5.41, 5.74) is 4.45. The van der Waals surface area contributed by atoms with Gasteiger partial charge in [-0.3, -0.25) is 14.2 Å². The van der Waals surface area contributed by atoms with E-state index < -0.39 is 0 Å². The second-order valence-corrected chi connectivity index (χ2v) is 7.36. The molecule has 8 heteroatoms. The van der Waals surface area contributed by atoms with Gasteiger partial charge in [-0.15, -0.1) is 0 Å². The number of nitrogens with zero attached hydrogens (tertiary/aromatic N) is 6. The first-order chi connectivity index (χ1) is 14.1. The van der Waals surface area contributed by atoms with Gasteiger partial charge in [-0.25, -0.2) is 14.5 Å². The predicted molar refractivity (Wildman–Crippen MR) is 107 cm³/mol. The molecule has 3 aromatic heterocycles. The molecule has 0 N–H and O–H groups in total. The van der Waals surface area contributed by atoms with Crippen molar-refractivity contribution in [2.24, 2.45) is 0 Å². The summed E-state index contributed by atoms with van der Waals surface area (Å²) in [6, 6.07) is 9.19. The van der Waals surface area contributed by atoms with Crippen molar-refractivity contribution >= 4 is 22.5 Å². The van der Waals surface area contributed by atoms with Crippen LogP contribution in [0, 0.1) is 6.92 Å². The van der Waals surface area contributed by atoms with Crippen molar-refractivity contribution < 1.29 is 4.79 Å². The molecule has 29 heavy (non-hydrogen) atoms. The van der Waals surface area contributed by atoms with Gasteiger partial charge in [0.2, 0.25) is 5.91 Å². The molecule has 5 rings (SSSR count). The van der Waals surface area contributed by atoms with Crippen molar-refractivity contribution in [2.75, 3.05) is 6.54 Å². The zero-order chi connectivity index (χ0) is 20.0. The van der Waals surface area contributed by atoms with Crippen LogP contribution in [0.3, 0.4) is 0 Å². The van der Waals surface area contributed by atoms with Gasteiger partial charge in [0.1, 0.15) is 0 Å². The van der Waals surface area contributed by atoms with Crippen molar-refractivity contribution in [2.45, 2.75) is 32.9 Å². The lowest BCUT2D eigenvalue weighted by Gasteiger charge is -2.29.